The molecule has 7 aromatic rings. The fraction of sp³-hybridized carbons (Fsp3) is 0. The minimum absolute atomic E-state index is 1.01. The average Bonchev–Trinajstić information content (AvgIpc) is 3.24. The van der Waals surface area contributed by atoms with Gasteiger partial charge >= 0.3 is 0 Å². The third-order valence-corrected chi connectivity index (χ3v) is 9.20. The van der Waals surface area contributed by atoms with E-state index < -0.39 is 0 Å². The molecule has 0 spiro atoms. The standard InChI is InChI=1S/C52H42N2/c1-3-14-41(4-2)21-22-43-25-33-49(34-26-43)53(47-17-10-6-11-18-47)51-37-29-45(30-38-51)46-31-39-52(40-32-46)54(48-19-12-7-13-20-48)50-35-27-44(28-36-50)24-23-42-15-8-5-9-16-42/h3-40H,1-2H2/b22-21+,24-23+,41-14+. The Labute approximate surface area is 319 Å². The molecule has 0 heterocycles. The molecule has 0 aliphatic heterocycles. The van der Waals surface area contributed by atoms with Gasteiger partial charge in [-0.2, -0.15) is 0 Å². The lowest BCUT2D eigenvalue weighted by Gasteiger charge is -2.26. The molecule has 0 aliphatic carbocycles. The third-order valence-electron chi connectivity index (χ3n) is 9.20. The van der Waals surface area contributed by atoms with Gasteiger partial charge in [0.05, 0.1) is 0 Å². The van der Waals surface area contributed by atoms with Crippen molar-refractivity contribution >= 4 is 52.4 Å². The fourth-order valence-corrected chi connectivity index (χ4v) is 6.40. The average molecular weight is 695 g/mol. The van der Waals surface area contributed by atoms with Crippen molar-refractivity contribution in [1.29, 1.82) is 0 Å². The smallest absolute Gasteiger partial charge is 0.0462 e. The van der Waals surface area contributed by atoms with Crippen molar-refractivity contribution < 1.29 is 0 Å². The Kier molecular flexibility index (Phi) is 11.3. The highest BCUT2D eigenvalue weighted by molar-refractivity contribution is 5.81. The van der Waals surface area contributed by atoms with Crippen LogP contribution in [0.3, 0.4) is 0 Å². The largest absolute Gasteiger partial charge is 0.311 e. The van der Waals surface area contributed by atoms with Crippen LogP contribution in [0.1, 0.15) is 16.7 Å². The lowest BCUT2D eigenvalue weighted by Crippen LogP contribution is -2.10. The summed E-state index contributed by atoms with van der Waals surface area (Å²) in [7, 11) is 0. The van der Waals surface area contributed by atoms with Crippen LogP contribution >= 0.6 is 0 Å². The Morgan fingerprint density at radius 3 is 1.07 bits per heavy atom. The second kappa shape index (κ2) is 17.4. The maximum Gasteiger partial charge on any atom is 0.0462 e. The summed E-state index contributed by atoms with van der Waals surface area (Å²) in [5.41, 5.74) is 13.4. The van der Waals surface area contributed by atoms with Gasteiger partial charge in [0.25, 0.3) is 0 Å². The lowest BCUT2D eigenvalue weighted by atomic mass is 10.0. The summed E-state index contributed by atoms with van der Waals surface area (Å²) in [6.07, 6.45) is 14.0. The van der Waals surface area contributed by atoms with Gasteiger partial charge in [-0.25, -0.2) is 0 Å². The minimum atomic E-state index is 1.01. The van der Waals surface area contributed by atoms with E-state index >= 15 is 0 Å². The van der Waals surface area contributed by atoms with Crippen LogP contribution in [0, 0.1) is 0 Å². The van der Waals surface area contributed by atoms with Crippen LogP contribution < -0.4 is 9.80 Å². The van der Waals surface area contributed by atoms with Crippen LogP contribution in [-0.4, -0.2) is 0 Å². The van der Waals surface area contributed by atoms with Gasteiger partial charge in [0.15, 0.2) is 0 Å². The Bertz CT molecular complexity index is 2350. The lowest BCUT2D eigenvalue weighted by molar-refractivity contribution is 1.28. The third kappa shape index (κ3) is 8.65. The normalized spacial score (nSPS) is 11.4. The highest BCUT2D eigenvalue weighted by atomic mass is 15.1. The van der Waals surface area contributed by atoms with Crippen molar-refractivity contribution in [1.82, 2.24) is 0 Å². The zero-order valence-corrected chi connectivity index (χ0v) is 30.2. The molecule has 260 valence electrons. The highest BCUT2D eigenvalue weighted by Gasteiger charge is 2.14. The van der Waals surface area contributed by atoms with E-state index in [-0.39, 0.29) is 0 Å². The molecule has 2 heteroatoms. The zero-order valence-electron chi connectivity index (χ0n) is 30.2. The first-order valence-corrected chi connectivity index (χ1v) is 18.2. The van der Waals surface area contributed by atoms with Gasteiger partial charge in [-0.15, -0.1) is 0 Å². The van der Waals surface area contributed by atoms with E-state index in [1.807, 2.05) is 24.3 Å². The second-order valence-corrected chi connectivity index (χ2v) is 12.8. The molecule has 0 aliphatic rings. The molecule has 0 unspecified atom stereocenters. The number of nitrogens with zero attached hydrogens (tertiary/aromatic N) is 2. The first kappa shape index (κ1) is 35.3. The first-order chi connectivity index (χ1) is 26.7. The first-order valence-electron chi connectivity index (χ1n) is 18.2. The predicted octanol–water partition coefficient (Wildman–Crippen LogP) is 14.8. The van der Waals surface area contributed by atoms with Crippen LogP contribution in [0.25, 0.3) is 29.4 Å². The van der Waals surface area contributed by atoms with E-state index in [1.54, 1.807) is 6.08 Å². The topological polar surface area (TPSA) is 6.48 Å². The summed E-state index contributed by atoms with van der Waals surface area (Å²) < 4.78 is 0. The molecule has 2 nitrogen and oxygen atoms in total. The molecule has 0 saturated carbocycles. The maximum absolute atomic E-state index is 3.89. The van der Waals surface area contributed by atoms with Crippen LogP contribution in [0.2, 0.25) is 0 Å². The number of rotatable bonds is 13. The monoisotopic (exact) mass is 694 g/mol. The minimum Gasteiger partial charge on any atom is -0.311 e. The van der Waals surface area contributed by atoms with Crippen molar-refractivity contribution in [2.24, 2.45) is 0 Å². The van der Waals surface area contributed by atoms with Crippen molar-refractivity contribution in [3.05, 3.63) is 248 Å². The molecule has 7 aromatic carbocycles. The Morgan fingerprint density at radius 1 is 0.352 bits per heavy atom. The van der Waals surface area contributed by atoms with Gasteiger partial charge in [0.1, 0.15) is 0 Å². The molecule has 0 bridgehead atoms. The molecule has 0 amide bonds. The van der Waals surface area contributed by atoms with E-state index in [0.29, 0.717) is 0 Å². The fourth-order valence-electron chi connectivity index (χ4n) is 6.40. The summed E-state index contributed by atoms with van der Waals surface area (Å²) in [4.78, 5) is 4.58. The number of hydrogen-bond donors (Lipinski definition) is 0. The molecular weight excluding hydrogens is 653 g/mol. The number of allylic oxidation sites excluding steroid dienone is 5. The van der Waals surface area contributed by atoms with Crippen LogP contribution in [0.4, 0.5) is 34.1 Å². The second-order valence-electron chi connectivity index (χ2n) is 12.8. The van der Waals surface area contributed by atoms with Crippen LogP contribution in [0.15, 0.2) is 231 Å². The molecule has 54 heavy (non-hydrogen) atoms. The van der Waals surface area contributed by atoms with E-state index in [0.717, 1.165) is 62.0 Å². The zero-order chi connectivity index (χ0) is 37.0. The number of hydrogen-bond acceptors (Lipinski definition) is 2. The van der Waals surface area contributed by atoms with Gasteiger partial charge in [0.2, 0.25) is 0 Å². The van der Waals surface area contributed by atoms with Gasteiger partial charge in [-0.05, 0) is 106 Å². The van der Waals surface area contributed by atoms with Crippen molar-refractivity contribution in [3.8, 4) is 11.1 Å². The number of anilines is 6. The van der Waals surface area contributed by atoms with E-state index in [9.17, 15) is 0 Å². The van der Waals surface area contributed by atoms with Gasteiger partial charge < -0.3 is 9.80 Å². The Hall–Kier alpha value is -7.16. The Morgan fingerprint density at radius 2 is 0.685 bits per heavy atom. The molecule has 7 rings (SSSR count). The molecule has 0 N–H and O–H groups in total. The van der Waals surface area contributed by atoms with Crippen molar-refractivity contribution in [2.75, 3.05) is 9.80 Å². The SMILES string of the molecule is C=C/C=C(C=C)/C=C/c1ccc(N(c2ccccc2)c2ccc(-c3ccc(N(c4ccccc4)c4ccc(/C=C/c5ccccc5)cc4)cc3)cc2)cc1. The predicted molar refractivity (Wildman–Crippen MR) is 234 cm³/mol. The van der Waals surface area contributed by atoms with Gasteiger partial charge in [-0.1, -0.05) is 171 Å². The van der Waals surface area contributed by atoms with Crippen molar-refractivity contribution in [3.63, 3.8) is 0 Å². The van der Waals surface area contributed by atoms with E-state index in [1.165, 1.54) is 5.56 Å². The molecular formula is C52H42N2. The van der Waals surface area contributed by atoms with Gasteiger partial charge in [0, 0.05) is 34.1 Å². The van der Waals surface area contributed by atoms with Crippen LogP contribution in [-0.2, 0) is 0 Å². The highest BCUT2D eigenvalue weighted by Crippen LogP contribution is 2.38. The quantitative estimate of drug-likeness (QED) is 0.0876. The molecule has 0 atom stereocenters. The van der Waals surface area contributed by atoms with E-state index in [2.05, 4.69) is 223 Å². The summed E-state index contributed by atoms with van der Waals surface area (Å²) >= 11 is 0. The van der Waals surface area contributed by atoms with Gasteiger partial charge in [-0.3, -0.25) is 0 Å². The molecule has 0 fully saturated rings. The summed E-state index contributed by atoms with van der Waals surface area (Å²) in [5.74, 6) is 0. The van der Waals surface area contributed by atoms with E-state index in [4.69, 9.17) is 0 Å². The summed E-state index contributed by atoms with van der Waals surface area (Å²) in [6, 6.07) is 66.4. The molecule has 0 aromatic heterocycles. The molecule has 0 saturated heterocycles. The maximum atomic E-state index is 3.89. The number of benzene rings is 7. The van der Waals surface area contributed by atoms with Crippen molar-refractivity contribution in [2.45, 2.75) is 0 Å². The summed E-state index contributed by atoms with van der Waals surface area (Å²) in [6.45, 7) is 7.68. The summed E-state index contributed by atoms with van der Waals surface area (Å²) in [5, 5.41) is 0. The molecule has 0 radical (unpaired) electrons. The Balaban J connectivity index is 1.13. The van der Waals surface area contributed by atoms with Crippen LogP contribution in [0.5, 0.6) is 0 Å². The number of para-hydroxylation sites is 2.